The van der Waals surface area contributed by atoms with Gasteiger partial charge in [0, 0.05) is 48.8 Å². The van der Waals surface area contributed by atoms with Gasteiger partial charge in [0.1, 0.15) is 17.2 Å². The largest absolute Gasteiger partial charge is 0.385 e. The van der Waals surface area contributed by atoms with E-state index in [4.69, 9.17) is 0 Å². The topological polar surface area (TPSA) is 71.2 Å². The molecule has 0 saturated heterocycles. The number of rotatable bonds is 4. The Hall–Kier alpha value is -3.79. The third-order valence-corrected chi connectivity index (χ3v) is 6.94. The van der Waals surface area contributed by atoms with Crippen molar-refractivity contribution in [1.82, 2.24) is 19.7 Å². The van der Waals surface area contributed by atoms with E-state index in [0.717, 1.165) is 0 Å². The summed E-state index contributed by atoms with van der Waals surface area (Å²) in [7, 11) is 1.64. The first-order chi connectivity index (χ1) is 17.0. The molecule has 0 spiro atoms. The second-order valence-electron chi connectivity index (χ2n) is 9.54. The highest BCUT2D eigenvalue weighted by atomic mass is 19.3. The second kappa shape index (κ2) is 7.60. The van der Waals surface area contributed by atoms with Gasteiger partial charge in [-0.15, -0.1) is 0 Å². The van der Waals surface area contributed by atoms with Crippen LogP contribution in [0, 0.1) is 11.6 Å². The lowest BCUT2D eigenvalue weighted by atomic mass is 9.71. The second-order valence-corrected chi connectivity index (χ2v) is 9.54. The predicted octanol–water partition coefficient (Wildman–Crippen LogP) is 4.69. The minimum Gasteiger partial charge on any atom is -0.385 e. The van der Waals surface area contributed by atoms with Crippen LogP contribution >= 0.6 is 0 Å². The van der Waals surface area contributed by atoms with Crippen LogP contribution in [0.15, 0.2) is 48.8 Å². The molecular weight excluding hydrogens is 476 g/mol. The average molecular weight is 496 g/mol. The van der Waals surface area contributed by atoms with E-state index in [1.54, 1.807) is 37.6 Å². The third kappa shape index (κ3) is 3.47. The van der Waals surface area contributed by atoms with Crippen LogP contribution in [0.25, 0.3) is 22.0 Å². The number of hydrogen-bond acceptors (Lipinski definition) is 4. The molecule has 1 aliphatic heterocycles. The summed E-state index contributed by atoms with van der Waals surface area (Å²) in [6.45, 7) is -0.0923. The van der Waals surface area contributed by atoms with Gasteiger partial charge in [-0.1, -0.05) is 12.1 Å². The minimum absolute atomic E-state index is 0.162. The Bertz CT molecular complexity index is 1530. The maximum atomic E-state index is 15.2. The summed E-state index contributed by atoms with van der Waals surface area (Å²) in [5.74, 6) is -4.93. The molecule has 3 heterocycles. The first-order valence-corrected chi connectivity index (χ1v) is 11.3. The SMILES string of the molecule is Cn1cc2c(-c3cc(F)c(CN4Cc5ncccc5C4=O)c(F)c3)ccc(C3(O)CC(F)(F)C3)c2n1. The molecule has 2 aromatic carbocycles. The Labute approximate surface area is 202 Å². The Kier molecular flexibility index (Phi) is 4.79. The van der Waals surface area contributed by atoms with Gasteiger partial charge in [-0.05, 0) is 35.4 Å². The van der Waals surface area contributed by atoms with Gasteiger partial charge in [-0.2, -0.15) is 5.10 Å². The van der Waals surface area contributed by atoms with Gasteiger partial charge in [0.2, 0.25) is 0 Å². The molecule has 6 rings (SSSR count). The summed E-state index contributed by atoms with van der Waals surface area (Å²) in [6, 6.07) is 8.65. The molecule has 1 fully saturated rings. The van der Waals surface area contributed by atoms with Gasteiger partial charge < -0.3 is 10.0 Å². The van der Waals surface area contributed by atoms with Crippen molar-refractivity contribution in [3.05, 3.63) is 82.8 Å². The molecule has 2 aromatic heterocycles. The number of fused-ring (bicyclic) bond motifs is 2. The van der Waals surface area contributed by atoms with Crippen LogP contribution in [0.4, 0.5) is 17.6 Å². The Balaban J connectivity index is 1.36. The van der Waals surface area contributed by atoms with Gasteiger partial charge in [-0.25, -0.2) is 17.6 Å². The quantitative estimate of drug-likeness (QED) is 0.417. The Morgan fingerprint density at radius 2 is 1.81 bits per heavy atom. The molecule has 0 unspecified atom stereocenters. The van der Waals surface area contributed by atoms with Crippen molar-refractivity contribution in [2.75, 3.05) is 0 Å². The summed E-state index contributed by atoms with van der Waals surface area (Å²) in [4.78, 5) is 18.1. The monoisotopic (exact) mass is 496 g/mol. The fourth-order valence-electron chi connectivity index (χ4n) is 5.25. The zero-order valence-corrected chi connectivity index (χ0v) is 19.1. The fraction of sp³-hybridized carbons (Fsp3) is 0.269. The number of aromatic nitrogens is 3. The summed E-state index contributed by atoms with van der Waals surface area (Å²) >= 11 is 0. The number of carbonyl (C=O) groups is 1. The number of pyridine rings is 1. The summed E-state index contributed by atoms with van der Waals surface area (Å²) in [5.41, 5.74) is 0.229. The molecule has 1 N–H and O–H groups in total. The summed E-state index contributed by atoms with van der Waals surface area (Å²) < 4.78 is 58.9. The lowest BCUT2D eigenvalue weighted by molar-refractivity contribution is -0.209. The maximum absolute atomic E-state index is 15.2. The lowest BCUT2D eigenvalue weighted by Crippen LogP contribution is -2.49. The molecule has 0 bridgehead atoms. The molecule has 2 aliphatic rings. The van der Waals surface area contributed by atoms with Crippen molar-refractivity contribution in [2.45, 2.75) is 37.5 Å². The number of amides is 1. The van der Waals surface area contributed by atoms with Gasteiger partial charge >= 0.3 is 0 Å². The van der Waals surface area contributed by atoms with Crippen LogP contribution in [-0.4, -0.2) is 36.6 Å². The third-order valence-electron chi connectivity index (χ3n) is 6.94. The molecule has 6 nitrogen and oxygen atoms in total. The van der Waals surface area contributed by atoms with Crippen molar-refractivity contribution >= 4 is 16.8 Å². The molecule has 0 radical (unpaired) electrons. The van der Waals surface area contributed by atoms with E-state index in [9.17, 15) is 18.7 Å². The van der Waals surface area contributed by atoms with E-state index < -0.39 is 36.0 Å². The number of benzene rings is 2. The average Bonchev–Trinajstić information content (AvgIpc) is 3.33. The molecule has 36 heavy (non-hydrogen) atoms. The summed E-state index contributed by atoms with van der Waals surface area (Å²) in [6.07, 6.45) is 1.76. The lowest BCUT2D eigenvalue weighted by Gasteiger charge is -2.43. The smallest absolute Gasteiger partial charge is 0.256 e. The zero-order valence-electron chi connectivity index (χ0n) is 19.1. The van der Waals surface area contributed by atoms with E-state index in [0.29, 0.717) is 27.7 Å². The van der Waals surface area contributed by atoms with Crippen LogP contribution in [0.2, 0.25) is 0 Å². The molecule has 184 valence electrons. The number of halogens is 4. The first-order valence-electron chi connectivity index (χ1n) is 11.3. The molecule has 0 atom stereocenters. The number of carbonyl (C=O) groups excluding carboxylic acids is 1. The number of nitrogens with zero attached hydrogens (tertiary/aromatic N) is 4. The minimum atomic E-state index is -2.95. The molecule has 4 aromatic rings. The highest BCUT2D eigenvalue weighted by molar-refractivity contribution is 5.98. The Morgan fingerprint density at radius 1 is 1.08 bits per heavy atom. The number of alkyl halides is 2. The van der Waals surface area contributed by atoms with Gasteiger partial charge in [0.15, 0.2) is 0 Å². The van der Waals surface area contributed by atoms with Gasteiger partial charge in [0.25, 0.3) is 11.8 Å². The fourth-order valence-corrected chi connectivity index (χ4v) is 5.25. The highest BCUT2D eigenvalue weighted by Gasteiger charge is 2.57. The standard InChI is InChI=1S/C26H20F4N4O2/c1-33-9-17-15(4-5-19(23(17)32-33)25(36)12-26(29,30)13-25)14-7-20(27)18(21(28)8-14)10-34-11-22-16(24(34)35)3-2-6-31-22/h2-9,36H,10-13H2,1H3. The number of aliphatic hydroxyl groups is 1. The molecule has 1 aliphatic carbocycles. The van der Waals surface area contributed by atoms with Crippen molar-refractivity contribution < 1.29 is 27.5 Å². The van der Waals surface area contributed by atoms with Crippen molar-refractivity contribution in [2.24, 2.45) is 7.05 Å². The van der Waals surface area contributed by atoms with Crippen molar-refractivity contribution in [3.63, 3.8) is 0 Å². The van der Waals surface area contributed by atoms with Crippen LogP contribution < -0.4 is 0 Å². The normalized spacial score (nSPS) is 17.9. The maximum Gasteiger partial charge on any atom is 0.256 e. The molecule has 10 heteroatoms. The van der Waals surface area contributed by atoms with Crippen LogP contribution in [0.1, 0.15) is 40.0 Å². The number of aryl methyl sites for hydroxylation is 1. The van der Waals surface area contributed by atoms with E-state index >= 15 is 8.78 Å². The molecular formula is C26H20F4N4O2. The summed E-state index contributed by atoms with van der Waals surface area (Å²) in [5, 5.41) is 15.5. The van der Waals surface area contributed by atoms with Crippen molar-refractivity contribution in [3.8, 4) is 11.1 Å². The van der Waals surface area contributed by atoms with E-state index in [1.165, 1.54) is 27.8 Å². The number of hydrogen-bond donors (Lipinski definition) is 1. The van der Waals surface area contributed by atoms with Crippen LogP contribution in [0.5, 0.6) is 0 Å². The van der Waals surface area contributed by atoms with Gasteiger partial charge in [0.05, 0.1) is 29.9 Å². The van der Waals surface area contributed by atoms with Crippen LogP contribution in [0.3, 0.4) is 0 Å². The van der Waals surface area contributed by atoms with E-state index in [1.807, 2.05) is 0 Å². The molecule has 1 amide bonds. The Morgan fingerprint density at radius 3 is 2.47 bits per heavy atom. The molecule has 1 saturated carbocycles. The first kappa shape index (κ1) is 22.7. The van der Waals surface area contributed by atoms with Gasteiger partial charge in [-0.3, -0.25) is 14.5 Å². The zero-order chi connectivity index (χ0) is 25.4. The predicted molar refractivity (Wildman–Crippen MR) is 122 cm³/mol. The van der Waals surface area contributed by atoms with E-state index in [-0.39, 0.29) is 35.7 Å². The van der Waals surface area contributed by atoms with E-state index in [2.05, 4.69) is 10.1 Å². The van der Waals surface area contributed by atoms with Crippen LogP contribution in [-0.2, 0) is 25.7 Å². The highest BCUT2D eigenvalue weighted by Crippen LogP contribution is 2.53. The van der Waals surface area contributed by atoms with Crippen molar-refractivity contribution in [1.29, 1.82) is 0 Å².